The maximum atomic E-state index is 13.2. The lowest BCUT2D eigenvalue weighted by Gasteiger charge is -2.56. The highest BCUT2D eigenvalue weighted by molar-refractivity contribution is 6.23. The van der Waals surface area contributed by atoms with Gasteiger partial charge in [0.25, 0.3) is 11.8 Å². The highest BCUT2D eigenvalue weighted by Crippen LogP contribution is 2.51. The number of imide groups is 2. The second-order valence-corrected chi connectivity index (χ2v) is 13.2. The number of piperazine rings is 1. The summed E-state index contributed by atoms with van der Waals surface area (Å²) in [5.74, 6) is -1.94. The Morgan fingerprint density at radius 3 is 2.22 bits per heavy atom. The van der Waals surface area contributed by atoms with E-state index >= 15 is 0 Å². The lowest BCUT2D eigenvalue weighted by Crippen LogP contribution is -2.59. The zero-order chi connectivity index (χ0) is 29.1. The van der Waals surface area contributed by atoms with Crippen LogP contribution in [0.1, 0.15) is 80.0 Å². The van der Waals surface area contributed by atoms with Crippen LogP contribution in [-0.4, -0.2) is 101 Å². The van der Waals surface area contributed by atoms with Crippen molar-refractivity contribution < 1.29 is 28.7 Å². The van der Waals surface area contributed by atoms with Gasteiger partial charge >= 0.3 is 6.09 Å². The van der Waals surface area contributed by atoms with Gasteiger partial charge < -0.3 is 14.5 Å². The number of amides is 5. The average Bonchev–Trinajstić information content (AvgIpc) is 3.15. The Morgan fingerprint density at radius 1 is 0.927 bits per heavy atom. The first-order valence-corrected chi connectivity index (χ1v) is 14.8. The SMILES string of the molecule is CC(C)(C)OC(=O)N1CCC2(CC1)CC(N1CCN(c3ccc4c(c3)C(=O)N(C3CCC(=O)NC3=O)C4=O)CC1)C2. The predicted molar refractivity (Wildman–Crippen MR) is 149 cm³/mol. The topological polar surface area (TPSA) is 120 Å². The molecule has 4 aliphatic heterocycles. The van der Waals surface area contributed by atoms with E-state index in [0.717, 1.165) is 62.7 Å². The van der Waals surface area contributed by atoms with Crippen LogP contribution in [0.3, 0.4) is 0 Å². The van der Waals surface area contributed by atoms with E-state index in [2.05, 4.69) is 15.1 Å². The van der Waals surface area contributed by atoms with Crippen molar-refractivity contribution in [3.63, 3.8) is 0 Å². The minimum absolute atomic E-state index is 0.103. The van der Waals surface area contributed by atoms with E-state index in [-0.39, 0.29) is 24.8 Å². The molecule has 6 rings (SSSR count). The van der Waals surface area contributed by atoms with Crippen LogP contribution in [0.2, 0.25) is 0 Å². The summed E-state index contributed by atoms with van der Waals surface area (Å²) in [5, 5.41) is 2.23. The third kappa shape index (κ3) is 5.20. The van der Waals surface area contributed by atoms with E-state index in [1.54, 1.807) is 12.1 Å². The summed E-state index contributed by atoms with van der Waals surface area (Å²) in [7, 11) is 0. The Balaban J connectivity index is 1.01. The highest BCUT2D eigenvalue weighted by Gasteiger charge is 2.49. The molecule has 41 heavy (non-hydrogen) atoms. The summed E-state index contributed by atoms with van der Waals surface area (Å²) in [6, 6.07) is 4.94. The van der Waals surface area contributed by atoms with Crippen molar-refractivity contribution in [1.82, 2.24) is 20.0 Å². The Morgan fingerprint density at radius 2 is 1.59 bits per heavy atom. The van der Waals surface area contributed by atoms with Crippen molar-refractivity contribution in [2.45, 2.75) is 77.0 Å². The van der Waals surface area contributed by atoms with Gasteiger partial charge in [0, 0.05) is 57.4 Å². The molecule has 3 saturated heterocycles. The standard InChI is InChI=1S/C30H39N5O6/c1-29(2,3)41-28(40)34-10-8-30(9-11-34)17-20(18-30)33-14-12-32(13-15-33)19-4-5-21-22(16-19)27(39)35(26(21)38)23-6-7-24(36)31-25(23)37/h4-5,16,20,23H,6-15,17-18H2,1-3H3,(H,31,36,37). The van der Waals surface area contributed by atoms with Crippen LogP contribution in [0.15, 0.2) is 18.2 Å². The lowest BCUT2D eigenvalue weighted by atomic mass is 9.60. The molecule has 1 spiro atoms. The zero-order valence-corrected chi connectivity index (χ0v) is 24.1. The summed E-state index contributed by atoms with van der Waals surface area (Å²) in [6.45, 7) is 10.7. The first-order valence-electron chi connectivity index (χ1n) is 14.8. The number of nitrogens with one attached hydrogen (secondary N) is 1. The Kier molecular flexibility index (Phi) is 6.83. The van der Waals surface area contributed by atoms with Crippen molar-refractivity contribution >= 4 is 35.4 Å². The van der Waals surface area contributed by atoms with Gasteiger partial charge in [-0.05, 0) is 76.5 Å². The van der Waals surface area contributed by atoms with Gasteiger partial charge in [-0.25, -0.2) is 4.79 Å². The number of ether oxygens (including phenoxy) is 1. The summed E-state index contributed by atoms with van der Waals surface area (Å²) in [6.07, 6.45) is 4.43. The van der Waals surface area contributed by atoms with Crippen LogP contribution >= 0.6 is 0 Å². The van der Waals surface area contributed by atoms with Crippen LogP contribution in [-0.2, 0) is 14.3 Å². The van der Waals surface area contributed by atoms with Crippen LogP contribution in [0, 0.1) is 5.41 Å². The maximum absolute atomic E-state index is 13.2. The first-order chi connectivity index (χ1) is 19.4. The van der Waals surface area contributed by atoms with E-state index < -0.39 is 29.4 Å². The van der Waals surface area contributed by atoms with Crippen molar-refractivity contribution in [2.75, 3.05) is 44.2 Å². The fourth-order valence-corrected chi connectivity index (χ4v) is 7.10. The number of fused-ring (bicyclic) bond motifs is 1. The largest absolute Gasteiger partial charge is 0.444 e. The van der Waals surface area contributed by atoms with Gasteiger partial charge in [0.1, 0.15) is 11.6 Å². The van der Waals surface area contributed by atoms with Gasteiger partial charge in [0.15, 0.2) is 0 Å². The van der Waals surface area contributed by atoms with Gasteiger partial charge in [-0.2, -0.15) is 0 Å². The Labute approximate surface area is 240 Å². The molecule has 11 nitrogen and oxygen atoms in total. The normalized spacial score (nSPS) is 25.3. The van der Waals surface area contributed by atoms with E-state index in [0.29, 0.717) is 22.6 Å². The van der Waals surface area contributed by atoms with Gasteiger partial charge in [-0.3, -0.25) is 34.3 Å². The van der Waals surface area contributed by atoms with Crippen LogP contribution < -0.4 is 10.2 Å². The molecule has 0 aromatic heterocycles. The lowest BCUT2D eigenvalue weighted by molar-refractivity contribution is -0.136. The van der Waals surface area contributed by atoms with E-state index in [4.69, 9.17) is 4.74 Å². The monoisotopic (exact) mass is 565 g/mol. The van der Waals surface area contributed by atoms with Crippen LogP contribution in [0.25, 0.3) is 0 Å². The molecule has 1 aromatic carbocycles. The molecule has 4 fully saturated rings. The summed E-state index contributed by atoms with van der Waals surface area (Å²) >= 11 is 0. The quantitative estimate of drug-likeness (QED) is 0.555. The Hall–Kier alpha value is -3.47. The molecule has 1 saturated carbocycles. The number of nitrogens with zero attached hydrogens (tertiary/aromatic N) is 4. The third-order valence-electron chi connectivity index (χ3n) is 9.43. The van der Waals surface area contributed by atoms with Crippen molar-refractivity contribution in [3.8, 4) is 0 Å². The van der Waals surface area contributed by atoms with Gasteiger partial charge in [-0.15, -0.1) is 0 Å². The third-order valence-corrected chi connectivity index (χ3v) is 9.43. The maximum Gasteiger partial charge on any atom is 0.410 e. The molecule has 0 bridgehead atoms. The number of carbonyl (C=O) groups excluding carboxylic acids is 5. The van der Waals surface area contributed by atoms with Crippen molar-refractivity contribution in [3.05, 3.63) is 29.3 Å². The minimum atomic E-state index is -0.956. The fraction of sp³-hybridized carbons (Fsp3) is 0.633. The summed E-state index contributed by atoms with van der Waals surface area (Å²) in [5.41, 5.74) is 1.38. The van der Waals surface area contributed by atoms with Crippen LogP contribution in [0.5, 0.6) is 0 Å². The molecule has 1 N–H and O–H groups in total. The minimum Gasteiger partial charge on any atom is -0.444 e. The number of hydrogen-bond donors (Lipinski definition) is 1. The second kappa shape index (κ2) is 10.1. The fourth-order valence-electron chi connectivity index (χ4n) is 7.10. The smallest absolute Gasteiger partial charge is 0.410 e. The molecule has 0 radical (unpaired) electrons. The summed E-state index contributed by atoms with van der Waals surface area (Å²) in [4.78, 5) is 70.2. The number of carbonyl (C=O) groups is 5. The number of rotatable bonds is 3. The molecule has 1 aliphatic carbocycles. The number of hydrogen-bond acceptors (Lipinski definition) is 8. The summed E-state index contributed by atoms with van der Waals surface area (Å²) < 4.78 is 5.55. The molecule has 5 amide bonds. The van der Waals surface area contributed by atoms with Gasteiger partial charge in [-0.1, -0.05) is 0 Å². The Bertz CT molecular complexity index is 1280. The molecular formula is C30H39N5O6. The molecular weight excluding hydrogens is 526 g/mol. The predicted octanol–water partition coefficient (Wildman–Crippen LogP) is 2.39. The highest BCUT2D eigenvalue weighted by atomic mass is 16.6. The molecule has 5 aliphatic rings. The van der Waals surface area contributed by atoms with Crippen molar-refractivity contribution in [2.24, 2.45) is 5.41 Å². The number of benzene rings is 1. The number of likely N-dealkylation sites (tertiary alicyclic amines) is 1. The molecule has 220 valence electrons. The number of piperidine rings is 2. The first kappa shape index (κ1) is 27.7. The molecule has 4 heterocycles. The van der Waals surface area contributed by atoms with Gasteiger partial charge in [0.2, 0.25) is 11.8 Å². The van der Waals surface area contributed by atoms with Crippen molar-refractivity contribution in [1.29, 1.82) is 0 Å². The molecule has 1 atom stereocenters. The molecule has 11 heteroatoms. The van der Waals surface area contributed by atoms with E-state index in [1.165, 1.54) is 12.8 Å². The second-order valence-electron chi connectivity index (χ2n) is 13.2. The van der Waals surface area contributed by atoms with E-state index in [1.807, 2.05) is 31.7 Å². The van der Waals surface area contributed by atoms with Crippen LogP contribution in [0.4, 0.5) is 10.5 Å². The zero-order valence-electron chi connectivity index (χ0n) is 24.1. The average molecular weight is 566 g/mol. The molecule has 1 aromatic rings. The van der Waals surface area contributed by atoms with Gasteiger partial charge in [0.05, 0.1) is 11.1 Å². The number of anilines is 1. The van der Waals surface area contributed by atoms with E-state index in [9.17, 15) is 24.0 Å². The molecule has 1 unspecified atom stereocenters.